The molecule has 15 heavy (non-hydrogen) atoms. The van der Waals surface area contributed by atoms with Crippen molar-refractivity contribution in [3.8, 4) is 0 Å². The number of rotatable bonds is 6. The molecule has 1 heterocycles. The van der Waals surface area contributed by atoms with Crippen LogP contribution in [0.25, 0.3) is 6.08 Å². The number of unbranched alkanes of at least 4 members (excludes halogenated alkanes) is 1. The maximum absolute atomic E-state index is 5.86. The van der Waals surface area contributed by atoms with Crippen molar-refractivity contribution < 1.29 is 4.52 Å². The lowest BCUT2D eigenvalue weighted by atomic mass is 9.99. The quantitative estimate of drug-likeness (QED) is 0.712. The lowest BCUT2D eigenvalue weighted by Crippen LogP contribution is -1.93. The average Bonchev–Trinajstić information content (AvgIpc) is 2.65. The molecule has 84 valence electrons. The van der Waals surface area contributed by atoms with Crippen molar-refractivity contribution in [2.45, 2.75) is 39.5 Å². The van der Waals surface area contributed by atoms with Crippen LogP contribution in [0.2, 0.25) is 5.02 Å². The van der Waals surface area contributed by atoms with Crippen LogP contribution in [0.5, 0.6) is 0 Å². The predicted molar refractivity (Wildman–Crippen MR) is 63.9 cm³/mol. The van der Waals surface area contributed by atoms with Crippen LogP contribution in [-0.2, 0) is 0 Å². The summed E-state index contributed by atoms with van der Waals surface area (Å²) >= 11 is 5.86. The van der Waals surface area contributed by atoms with E-state index >= 15 is 0 Å². The number of nitrogens with zero attached hydrogens (tertiary/aromatic N) is 1. The molecular formula is C12H18ClNO. The van der Waals surface area contributed by atoms with Crippen molar-refractivity contribution in [3.63, 3.8) is 0 Å². The molecule has 0 aliphatic carbocycles. The third-order valence-corrected chi connectivity index (χ3v) is 2.81. The van der Waals surface area contributed by atoms with Gasteiger partial charge in [-0.15, -0.1) is 0 Å². The predicted octanol–water partition coefficient (Wildman–Crippen LogP) is 4.56. The fraction of sp³-hybridized carbons (Fsp3) is 0.583. The summed E-state index contributed by atoms with van der Waals surface area (Å²) in [7, 11) is 0. The summed E-state index contributed by atoms with van der Waals surface area (Å²) < 4.78 is 4.76. The maximum atomic E-state index is 5.86. The Morgan fingerprint density at radius 1 is 1.53 bits per heavy atom. The van der Waals surface area contributed by atoms with Crippen LogP contribution in [-0.4, -0.2) is 5.16 Å². The van der Waals surface area contributed by atoms with Crippen LogP contribution in [0.3, 0.4) is 0 Å². The van der Waals surface area contributed by atoms with Crippen LogP contribution < -0.4 is 0 Å². The lowest BCUT2D eigenvalue weighted by Gasteiger charge is -2.07. The largest absolute Gasteiger partial charge is 0.363 e. The highest BCUT2D eigenvalue weighted by Crippen LogP contribution is 2.19. The van der Waals surface area contributed by atoms with Gasteiger partial charge in [-0.25, -0.2) is 0 Å². The highest BCUT2D eigenvalue weighted by molar-refractivity contribution is 6.31. The molecule has 0 saturated carbocycles. The van der Waals surface area contributed by atoms with Crippen LogP contribution in [0, 0.1) is 5.92 Å². The van der Waals surface area contributed by atoms with Crippen molar-refractivity contribution in [2.75, 3.05) is 0 Å². The zero-order valence-corrected chi connectivity index (χ0v) is 10.1. The Morgan fingerprint density at radius 2 is 2.33 bits per heavy atom. The number of halogens is 1. The normalized spacial score (nSPS) is 13.5. The molecule has 0 saturated heterocycles. The van der Waals surface area contributed by atoms with Gasteiger partial charge in [-0.3, -0.25) is 0 Å². The summed E-state index contributed by atoms with van der Waals surface area (Å²) in [6.45, 7) is 4.42. The van der Waals surface area contributed by atoms with E-state index in [0.29, 0.717) is 10.9 Å². The maximum Gasteiger partial charge on any atom is 0.143 e. The molecule has 0 fully saturated rings. The molecule has 1 atom stereocenters. The van der Waals surface area contributed by atoms with Gasteiger partial charge in [0.15, 0.2) is 0 Å². The molecule has 0 aliphatic rings. The summed E-state index contributed by atoms with van der Waals surface area (Å²) in [5.41, 5.74) is 0.728. The second-order valence-electron chi connectivity index (χ2n) is 3.72. The Bertz CT molecular complexity index is 306. The second kappa shape index (κ2) is 6.67. The van der Waals surface area contributed by atoms with Gasteiger partial charge in [0.05, 0.1) is 0 Å². The molecule has 1 unspecified atom stereocenters. The number of hydrogen-bond donors (Lipinski definition) is 0. The van der Waals surface area contributed by atoms with E-state index in [1.165, 1.54) is 25.5 Å². The van der Waals surface area contributed by atoms with E-state index in [0.717, 1.165) is 12.1 Å². The molecule has 1 rings (SSSR count). The zero-order chi connectivity index (χ0) is 11.1. The van der Waals surface area contributed by atoms with E-state index in [4.69, 9.17) is 16.1 Å². The van der Waals surface area contributed by atoms with E-state index in [2.05, 4.69) is 25.1 Å². The standard InChI is InChI=1S/C12H18ClNO/c1-3-5-6-10(4-2)7-8-12-11(13)9-15-14-12/h7-10H,3-6H2,1-2H3/b8-7+. The van der Waals surface area contributed by atoms with Gasteiger partial charge in [0.25, 0.3) is 0 Å². The van der Waals surface area contributed by atoms with Crippen molar-refractivity contribution in [3.05, 3.63) is 23.1 Å². The van der Waals surface area contributed by atoms with Crippen molar-refractivity contribution >= 4 is 17.7 Å². The molecular weight excluding hydrogens is 210 g/mol. The van der Waals surface area contributed by atoms with Gasteiger partial charge in [0, 0.05) is 0 Å². The van der Waals surface area contributed by atoms with Crippen molar-refractivity contribution in [2.24, 2.45) is 5.92 Å². The number of allylic oxidation sites excluding steroid dienone is 1. The SMILES string of the molecule is CCCCC(/C=C/c1nocc1Cl)CC. The highest BCUT2D eigenvalue weighted by Gasteiger charge is 2.03. The van der Waals surface area contributed by atoms with E-state index in [1.54, 1.807) is 0 Å². The van der Waals surface area contributed by atoms with E-state index in [1.807, 2.05) is 6.08 Å². The summed E-state index contributed by atoms with van der Waals surface area (Å²) in [4.78, 5) is 0. The Morgan fingerprint density at radius 3 is 2.87 bits per heavy atom. The Hall–Kier alpha value is -0.760. The van der Waals surface area contributed by atoms with Crippen LogP contribution in [0.4, 0.5) is 0 Å². The average molecular weight is 228 g/mol. The number of aromatic nitrogens is 1. The molecule has 1 aromatic rings. The summed E-state index contributed by atoms with van der Waals surface area (Å²) in [5, 5.41) is 4.39. The van der Waals surface area contributed by atoms with Gasteiger partial charge < -0.3 is 4.52 Å². The smallest absolute Gasteiger partial charge is 0.143 e. The molecule has 0 aliphatic heterocycles. The fourth-order valence-electron chi connectivity index (χ4n) is 1.47. The lowest BCUT2D eigenvalue weighted by molar-refractivity contribution is 0.418. The first-order chi connectivity index (χ1) is 7.27. The molecule has 1 aromatic heterocycles. The van der Waals surface area contributed by atoms with Crippen molar-refractivity contribution in [1.29, 1.82) is 0 Å². The Labute approximate surface area is 96.3 Å². The van der Waals surface area contributed by atoms with Crippen LogP contribution >= 0.6 is 11.6 Å². The van der Waals surface area contributed by atoms with E-state index < -0.39 is 0 Å². The first-order valence-electron chi connectivity index (χ1n) is 5.56. The molecule has 0 radical (unpaired) electrons. The van der Waals surface area contributed by atoms with Gasteiger partial charge in [-0.05, 0) is 24.8 Å². The van der Waals surface area contributed by atoms with Gasteiger partial charge in [0.1, 0.15) is 17.0 Å². The molecule has 0 aromatic carbocycles. The molecule has 3 heteroatoms. The van der Waals surface area contributed by atoms with Gasteiger partial charge >= 0.3 is 0 Å². The molecule has 0 spiro atoms. The molecule has 2 nitrogen and oxygen atoms in total. The molecule has 0 bridgehead atoms. The first-order valence-corrected chi connectivity index (χ1v) is 5.93. The Kier molecular flexibility index (Phi) is 5.48. The van der Waals surface area contributed by atoms with Gasteiger partial charge in [-0.2, -0.15) is 0 Å². The minimum atomic E-state index is 0.580. The van der Waals surface area contributed by atoms with E-state index in [9.17, 15) is 0 Å². The van der Waals surface area contributed by atoms with Crippen LogP contribution in [0.1, 0.15) is 45.2 Å². The first kappa shape index (κ1) is 12.3. The topological polar surface area (TPSA) is 26.0 Å². The monoisotopic (exact) mass is 227 g/mol. The third-order valence-electron chi connectivity index (χ3n) is 2.53. The molecule has 0 amide bonds. The molecule has 0 N–H and O–H groups in total. The summed E-state index contributed by atoms with van der Waals surface area (Å²) in [5.74, 6) is 0.623. The fourth-order valence-corrected chi connectivity index (χ4v) is 1.61. The van der Waals surface area contributed by atoms with Gasteiger partial charge in [-0.1, -0.05) is 49.5 Å². The summed E-state index contributed by atoms with van der Waals surface area (Å²) in [6.07, 6.45) is 10.5. The second-order valence-corrected chi connectivity index (χ2v) is 4.12. The van der Waals surface area contributed by atoms with Gasteiger partial charge in [0.2, 0.25) is 0 Å². The minimum Gasteiger partial charge on any atom is -0.363 e. The van der Waals surface area contributed by atoms with Crippen molar-refractivity contribution in [1.82, 2.24) is 5.16 Å². The van der Waals surface area contributed by atoms with Crippen LogP contribution in [0.15, 0.2) is 16.9 Å². The summed E-state index contributed by atoms with van der Waals surface area (Å²) in [6, 6.07) is 0. The third kappa shape index (κ3) is 4.08. The highest BCUT2D eigenvalue weighted by atomic mass is 35.5. The minimum absolute atomic E-state index is 0.580. The Balaban J connectivity index is 2.51. The zero-order valence-electron chi connectivity index (χ0n) is 9.37. The van der Waals surface area contributed by atoms with E-state index in [-0.39, 0.29) is 0 Å². The number of hydrogen-bond acceptors (Lipinski definition) is 2.